The SMILES string of the molecule is CCN(C(=O)Nc1cccnc1N1CCOCC1)C(C)c1cc2ccccc2o1. The molecule has 3 heterocycles. The zero-order chi connectivity index (χ0) is 20.2. The summed E-state index contributed by atoms with van der Waals surface area (Å²) in [7, 11) is 0. The number of hydrogen-bond acceptors (Lipinski definition) is 5. The Morgan fingerprint density at radius 3 is 2.79 bits per heavy atom. The highest BCUT2D eigenvalue weighted by atomic mass is 16.5. The Balaban J connectivity index is 1.53. The highest BCUT2D eigenvalue weighted by molar-refractivity contribution is 5.92. The first-order valence-electron chi connectivity index (χ1n) is 10.0. The second-order valence-corrected chi connectivity index (χ2v) is 7.05. The van der Waals surface area contributed by atoms with Gasteiger partial charge in [0.15, 0.2) is 5.82 Å². The Morgan fingerprint density at radius 1 is 1.24 bits per heavy atom. The highest BCUT2D eigenvalue weighted by Crippen LogP contribution is 2.29. The number of pyridine rings is 1. The van der Waals surface area contributed by atoms with Crippen molar-refractivity contribution >= 4 is 28.5 Å². The van der Waals surface area contributed by atoms with Crippen LogP contribution >= 0.6 is 0 Å². The third kappa shape index (κ3) is 4.05. The molecule has 29 heavy (non-hydrogen) atoms. The van der Waals surface area contributed by atoms with Crippen molar-refractivity contribution in [3.05, 3.63) is 54.4 Å². The van der Waals surface area contributed by atoms with Crippen LogP contribution in [0.5, 0.6) is 0 Å². The van der Waals surface area contributed by atoms with E-state index in [-0.39, 0.29) is 12.1 Å². The molecule has 152 valence electrons. The minimum atomic E-state index is -0.198. The number of anilines is 2. The Bertz CT molecular complexity index is 948. The Kier molecular flexibility index (Phi) is 5.67. The molecule has 1 unspecified atom stereocenters. The van der Waals surface area contributed by atoms with Crippen LogP contribution in [0.3, 0.4) is 0 Å². The first kappa shape index (κ1) is 19.3. The summed E-state index contributed by atoms with van der Waals surface area (Å²) in [5.74, 6) is 1.54. The molecule has 0 bridgehead atoms. The van der Waals surface area contributed by atoms with E-state index in [2.05, 4.69) is 15.2 Å². The smallest absolute Gasteiger partial charge is 0.322 e. The topological polar surface area (TPSA) is 70.8 Å². The van der Waals surface area contributed by atoms with Gasteiger partial charge in [-0.05, 0) is 38.1 Å². The summed E-state index contributed by atoms with van der Waals surface area (Å²) in [6.45, 7) is 7.33. The fourth-order valence-electron chi connectivity index (χ4n) is 3.66. The maximum absolute atomic E-state index is 13.1. The summed E-state index contributed by atoms with van der Waals surface area (Å²) in [4.78, 5) is 21.5. The maximum atomic E-state index is 13.1. The average molecular weight is 394 g/mol. The van der Waals surface area contributed by atoms with Gasteiger partial charge in [0.1, 0.15) is 11.3 Å². The van der Waals surface area contributed by atoms with Gasteiger partial charge < -0.3 is 24.3 Å². The summed E-state index contributed by atoms with van der Waals surface area (Å²) < 4.78 is 11.4. The van der Waals surface area contributed by atoms with Crippen LogP contribution in [0, 0.1) is 0 Å². The lowest BCUT2D eigenvalue weighted by Gasteiger charge is -2.31. The molecule has 1 fully saturated rings. The summed E-state index contributed by atoms with van der Waals surface area (Å²) in [5.41, 5.74) is 1.53. The van der Waals surface area contributed by atoms with Crippen LogP contribution in [0.15, 0.2) is 53.1 Å². The Hall–Kier alpha value is -3.06. The van der Waals surface area contributed by atoms with Crippen molar-refractivity contribution in [3.8, 4) is 0 Å². The zero-order valence-electron chi connectivity index (χ0n) is 16.8. The van der Waals surface area contributed by atoms with E-state index in [1.54, 1.807) is 11.1 Å². The lowest BCUT2D eigenvalue weighted by Crippen LogP contribution is -2.39. The minimum Gasteiger partial charge on any atom is -0.459 e. The van der Waals surface area contributed by atoms with Gasteiger partial charge in [0.05, 0.1) is 24.9 Å². The summed E-state index contributed by atoms with van der Waals surface area (Å²) in [6.07, 6.45) is 1.75. The Labute approximate surface area is 170 Å². The van der Waals surface area contributed by atoms with Crippen LogP contribution in [0.2, 0.25) is 0 Å². The number of amides is 2. The fraction of sp³-hybridized carbons (Fsp3) is 0.364. The number of nitrogens with zero attached hydrogens (tertiary/aromatic N) is 3. The van der Waals surface area contributed by atoms with E-state index in [1.165, 1.54) is 0 Å². The first-order valence-corrected chi connectivity index (χ1v) is 10.0. The first-order chi connectivity index (χ1) is 14.2. The Morgan fingerprint density at radius 2 is 2.03 bits per heavy atom. The molecule has 7 nitrogen and oxygen atoms in total. The number of nitrogens with one attached hydrogen (secondary N) is 1. The quantitative estimate of drug-likeness (QED) is 0.699. The molecule has 2 amide bonds. The molecule has 0 spiro atoms. The molecule has 0 aliphatic carbocycles. The van der Waals surface area contributed by atoms with Crippen molar-refractivity contribution in [2.75, 3.05) is 43.1 Å². The normalized spacial score (nSPS) is 15.3. The molecule has 1 aliphatic rings. The summed E-state index contributed by atoms with van der Waals surface area (Å²) in [6, 6.07) is 13.2. The molecule has 4 rings (SSSR count). The second kappa shape index (κ2) is 8.53. The molecule has 1 N–H and O–H groups in total. The molecule has 1 aromatic carbocycles. The van der Waals surface area contributed by atoms with Gasteiger partial charge in [0.2, 0.25) is 0 Å². The number of aromatic nitrogens is 1. The summed E-state index contributed by atoms with van der Waals surface area (Å²) >= 11 is 0. The monoisotopic (exact) mass is 394 g/mol. The molecule has 1 saturated heterocycles. The van der Waals surface area contributed by atoms with Gasteiger partial charge in [-0.15, -0.1) is 0 Å². The number of urea groups is 1. The van der Waals surface area contributed by atoms with Gasteiger partial charge in [0, 0.05) is 31.2 Å². The number of furan rings is 1. The number of benzene rings is 1. The van der Waals surface area contributed by atoms with Crippen LogP contribution in [0.25, 0.3) is 11.0 Å². The largest absolute Gasteiger partial charge is 0.459 e. The van der Waals surface area contributed by atoms with E-state index in [4.69, 9.17) is 9.15 Å². The van der Waals surface area contributed by atoms with E-state index >= 15 is 0 Å². The number of para-hydroxylation sites is 1. The third-order valence-electron chi connectivity index (χ3n) is 5.26. The molecular weight excluding hydrogens is 368 g/mol. The van der Waals surface area contributed by atoms with Gasteiger partial charge in [0.25, 0.3) is 0 Å². The fourth-order valence-corrected chi connectivity index (χ4v) is 3.66. The van der Waals surface area contributed by atoms with Crippen LogP contribution < -0.4 is 10.2 Å². The lowest BCUT2D eigenvalue weighted by molar-refractivity contribution is 0.122. The molecule has 2 aromatic heterocycles. The third-order valence-corrected chi connectivity index (χ3v) is 5.26. The zero-order valence-corrected chi connectivity index (χ0v) is 16.8. The number of fused-ring (bicyclic) bond motifs is 1. The van der Waals surface area contributed by atoms with Crippen molar-refractivity contribution in [2.45, 2.75) is 19.9 Å². The molecule has 3 aromatic rings. The van der Waals surface area contributed by atoms with Crippen LogP contribution in [-0.2, 0) is 4.74 Å². The number of rotatable bonds is 5. The number of morpholine rings is 1. The number of carbonyl (C=O) groups excluding carboxylic acids is 1. The molecule has 1 aliphatic heterocycles. The van der Waals surface area contributed by atoms with E-state index in [9.17, 15) is 4.79 Å². The van der Waals surface area contributed by atoms with Crippen LogP contribution in [-0.4, -0.2) is 48.8 Å². The molecule has 0 saturated carbocycles. The van der Waals surface area contributed by atoms with Crippen molar-refractivity contribution in [3.63, 3.8) is 0 Å². The molecule has 0 radical (unpaired) electrons. The van der Waals surface area contributed by atoms with Crippen molar-refractivity contribution in [1.29, 1.82) is 0 Å². The van der Waals surface area contributed by atoms with E-state index in [0.717, 1.165) is 35.6 Å². The van der Waals surface area contributed by atoms with Crippen LogP contribution in [0.1, 0.15) is 25.6 Å². The second-order valence-electron chi connectivity index (χ2n) is 7.05. The maximum Gasteiger partial charge on any atom is 0.322 e. The van der Waals surface area contributed by atoms with Gasteiger partial charge in [-0.1, -0.05) is 18.2 Å². The van der Waals surface area contributed by atoms with Gasteiger partial charge >= 0.3 is 6.03 Å². The molecule has 1 atom stereocenters. The van der Waals surface area contributed by atoms with Crippen molar-refractivity contribution in [1.82, 2.24) is 9.88 Å². The van der Waals surface area contributed by atoms with E-state index in [1.807, 2.05) is 56.3 Å². The lowest BCUT2D eigenvalue weighted by atomic mass is 10.2. The standard InChI is InChI=1S/C22H26N4O3/c1-3-26(16(2)20-15-17-7-4-5-9-19(17)29-20)22(27)24-18-8-6-10-23-21(18)25-11-13-28-14-12-25/h4-10,15-16H,3,11-14H2,1-2H3,(H,24,27). The average Bonchev–Trinajstić information content (AvgIpc) is 3.19. The van der Waals surface area contributed by atoms with Crippen molar-refractivity contribution < 1.29 is 13.9 Å². The van der Waals surface area contributed by atoms with Gasteiger partial charge in [-0.25, -0.2) is 9.78 Å². The predicted molar refractivity (Wildman–Crippen MR) is 113 cm³/mol. The molecular formula is C22H26N4O3. The highest BCUT2D eigenvalue weighted by Gasteiger charge is 2.25. The van der Waals surface area contributed by atoms with Crippen LogP contribution in [0.4, 0.5) is 16.3 Å². The molecule has 7 heteroatoms. The number of ether oxygens (including phenoxy) is 1. The van der Waals surface area contributed by atoms with E-state index < -0.39 is 0 Å². The predicted octanol–water partition coefficient (Wildman–Crippen LogP) is 4.28. The minimum absolute atomic E-state index is 0.178. The summed E-state index contributed by atoms with van der Waals surface area (Å²) in [5, 5.41) is 4.08. The number of hydrogen-bond donors (Lipinski definition) is 1. The van der Waals surface area contributed by atoms with Gasteiger partial charge in [-0.3, -0.25) is 0 Å². The van der Waals surface area contributed by atoms with Gasteiger partial charge in [-0.2, -0.15) is 0 Å². The van der Waals surface area contributed by atoms with Crippen molar-refractivity contribution in [2.24, 2.45) is 0 Å². The van der Waals surface area contributed by atoms with E-state index in [0.29, 0.717) is 25.4 Å². The number of carbonyl (C=O) groups is 1.